The Morgan fingerprint density at radius 1 is 1.47 bits per heavy atom. The SMILES string of the molecule is CC(C)(C)OC(=O)N[C@H]1CCc2c(C#N)cccc21. The van der Waals surface area contributed by atoms with Gasteiger partial charge in [0.15, 0.2) is 0 Å². The summed E-state index contributed by atoms with van der Waals surface area (Å²) in [5.41, 5.74) is 2.28. The highest BCUT2D eigenvalue weighted by Gasteiger charge is 2.27. The van der Waals surface area contributed by atoms with Crippen molar-refractivity contribution in [2.45, 2.75) is 45.3 Å². The predicted molar refractivity (Wildman–Crippen MR) is 71.6 cm³/mol. The number of carbonyl (C=O) groups excluding carboxylic acids is 1. The van der Waals surface area contributed by atoms with E-state index in [0.717, 1.165) is 24.0 Å². The lowest BCUT2D eigenvalue weighted by Crippen LogP contribution is -2.34. The van der Waals surface area contributed by atoms with Crippen LogP contribution in [0.4, 0.5) is 4.79 Å². The van der Waals surface area contributed by atoms with Gasteiger partial charge in [0.25, 0.3) is 0 Å². The summed E-state index contributed by atoms with van der Waals surface area (Å²) in [4.78, 5) is 11.8. The fraction of sp³-hybridized carbons (Fsp3) is 0.467. The van der Waals surface area contributed by atoms with Crippen LogP contribution in [0.15, 0.2) is 18.2 Å². The van der Waals surface area contributed by atoms with Crippen molar-refractivity contribution in [1.82, 2.24) is 5.32 Å². The van der Waals surface area contributed by atoms with Crippen LogP contribution in [-0.4, -0.2) is 11.7 Å². The smallest absolute Gasteiger partial charge is 0.408 e. The van der Waals surface area contributed by atoms with E-state index in [1.54, 1.807) is 0 Å². The Kier molecular flexibility index (Phi) is 3.48. The van der Waals surface area contributed by atoms with E-state index in [4.69, 9.17) is 10.00 Å². The van der Waals surface area contributed by atoms with Gasteiger partial charge in [0.1, 0.15) is 5.60 Å². The molecule has 0 unspecified atom stereocenters. The van der Waals surface area contributed by atoms with E-state index in [0.29, 0.717) is 5.56 Å². The van der Waals surface area contributed by atoms with E-state index in [2.05, 4.69) is 11.4 Å². The summed E-state index contributed by atoms with van der Waals surface area (Å²) in [5, 5.41) is 11.9. The van der Waals surface area contributed by atoms with Gasteiger partial charge in [0.05, 0.1) is 17.7 Å². The summed E-state index contributed by atoms with van der Waals surface area (Å²) >= 11 is 0. The van der Waals surface area contributed by atoms with E-state index in [1.165, 1.54) is 0 Å². The first kappa shape index (κ1) is 13.4. The Hall–Kier alpha value is -2.02. The lowest BCUT2D eigenvalue weighted by Gasteiger charge is -2.22. The first-order chi connectivity index (χ1) is 8.90. The minimum atomic E-state index is -0.500. The van der Waals surface area contributed by atoms with Gasteiger partial charge in [-0.2, -0.15) is 5.26 Å². The van der Waals surface area contributed by atoms with Crippen molar-refractivity contribution >= 4 is 6.09 Å². The highest BCUT2D eigenvalue weighted by molar-refractivity contribution is 5.69. The van der Waals surface area contributed by atoms with Crippen LogP contribution in [0.1, 0.15) is 49.9 Å². The van der Waals surface area contributed by atoms with Crippen LogP contribution >= 0.6 is 0 Å². The summed E-state index contributed by atoms with van der Waals surface area (Å²) in [6.07, 6.45) is 1.22. The third kappa shape index (κ3) is 3.05. The summed E-state index contributed by atoms with van der Waals surface area (Å²) in [6.45, 7) is 5.51. The molecule has 1 aliphatic carbocycles. The second-order valence-electron chi connectivity index (χ2n) is 5.72. The molecule has 100 valence electrons. The van der Waals surface area contributed by atoms with Gasteiger partial charge in [-0.3, -0.25) is 0 Å². The molecular formula is C15H18N2O2. The van der Waals surface area contributed by atoms with Gasteiger partial charge >= 0.3 is 6.09 Å². The molecule has 0 saturated heterocycles. The topological polar surface area (TPSA) is 62.1 Å². The predicted octanol–water partition coefficient (Wildman–Crippen LogP) is 3.07. The Morgan fingerprint density at radius 3 is 2.84 bits per heavy atom. The molecule has 1 aromatic carbocycles. The zero-order chi connectivity index (χ0) is 14.0. The highest BCUT2D eigenvalue weighted by atomic mass is 16.6. The molecule has 0 fully saturated rings. The molecule has 1 N–H and O–H groups in total. The molecule has 19 heavy (non-hydrogen) atoms. The van der Waals surface area contributed by atoms with E-state index in [1.807, 2.05) is 39.0 Å². The van der Waals surface area contributed by atoms with Crippen molar-refractivity contribution in [3.05, 3.63) is 34.9 Å². The number of alkyl carbamates (subject to hydrolysis) is 1. The number of fused-ring (bicyclic) bond motifs is 1. The van der Waals surface area contributed by atoms with Crippen LogP contribution in [0.5, 0.6) is 0 Å². The van der Waals surface area contributed by atoms with Crippen molar-refractivity contribution in [1.29, 1.82) is 5.26 Å². The zero-order valence-electron chi connectivity index (χ0n) is 11.5. The van der Waals surface area contributed by atoms with Crippen LogP contribution in [0, 0.1) is 11.3 Å². The fourth-order valence-corrected chi connectivity index (χ4v) is 2.36. The monoisotopic (exact) mass is 258 g/mol. The summed E-state index contributed by atoms with van der Waals surface area (Å²) in [7, 11) is 0. The number of benzene rings is 1. The van der Waals surface area contributed by atoms with Crippen molar-refractivity contribution in [2.24, 2.45) is 0 Å². The highest BCUT2D eigenvalue weighted by Crippen LogP contribution is 2.33. The van der Waals surface area contributed by atoms with E-state index in [-0.39, 0.29) is 6.04 Å². The number of amides is 1. The maximum atomic E-state index is 11.8. The van der Waals surface area contributed by atoms with E-state index in [9.17, 15) is 4.79 Å². The van der Waals surface area contributed by atoms with E-state index >= 15 is 0 Å². The van der Waals surface area contributed by atoms with Gasteiger partial charge in [-0.05, 0) is 50.8 Å². The molecule has 0 aliphatic heterocycles. The normalized spacial score (nSPS) is 17.5. The quantitative estimate of drug-likeness (QED) is 0.842. The second kappa shape index (κ2) is 4.93. The van der Waals surface area contributed by atoms with Gasteiger partial charge in [-0.15, -0.1) is 0 Å². The molecule has 0 bridgehead atoms. The average molecular weight is 258 g/mol. The van der Waals surface area contributed by atoms with Gasteiger partial charge < -0.3 is 10.1 Å². The summed E-state index contributed by atoms with van der Waals surface area (Å²) in [5.74, 6) is 0. The Bertz CT molecular complexity index is 538. The van der Waals surface area contributed by atoms with Crippen LogP contribution in [0.2, 0.25) is 0 Å². The number of nitriles is 1. The molecule has 2 rings (SSSR count). The molecule has 0 aromatic heterocycles. The van der Waals surface area contributed by atoms with Gasteiger partial charge in [0, 0.05) is 0 Å². The van der Waals surface area contributed by atoms with Crippen molar-refractivity contribution in [2.75, 3.05) is 0 Å². The van der Waals surface area contributed by atoms with Gasteiger partial charge in [-0.25, -0.2) is 4.79 Å². The molecule has 0 spiro atoms. The molecule has 1 atom stereocenters. The average Bonchev–Trinajstić information content (AvgIpc) is 2.70. The van der Waals surface area contributed by atoms with Crippen molar-refractivity contribution in [3.8, 4) is 6.07 Å². The Morgan fingerprint density at radius 2 is 2.21 bits per heavy atom. The third-order valence-corrected chi connectivity index (χ3v) is 3.08. The molecule has 0 saturated carbocycles. The van der Waals surface area contributed by atoms with Crippen molar-refractivity contribution < 1.29 is 9.53 Å². The number of nitrogens with one attached hydrogen (secondary N) is 1. The van der Waals surface area contributed by atoms with Crippen LogP contribution in [-0.2, 0) is 11.2 Å². The molecule has 0 heterocycles. The minimum absolute atomic E-state index is 0.0573. The zero-order valence-corrected chi connectivity index (χ0v) is 11.5. The largest absolute Gasteiger partial charge is 0.444 e. The Labute approximate surface area is 113 Å². The van der Waals surface area contributed by atoms with Crippen molar-refractivity contribution in [3.63, 3.8) is 0 Å². The standard InChI is InChI=1S/C15H18N2O2/c1-15(2,3)19-14(18)17-13-8-7-11-10(9-16)5-4-6-12(11)13/h4-6,13H,7-8H2,1-3H3,(H,17,18)/t13-/m0/s1. The number of ether oxygens (including phenoxy) is 1. The molecule has 1 amide bonds. The maximum absolute atomic E-state index is 11.8. The van der Waals surface area contributed by atoms with Gasteiger partial charge in [-0.1, -0.05) is 12.1 Å². The number of carbonyl (C=O) groups is 1. The van der Waals surface area contributed by atoms with E-state index < -0.39 is 11.7 Å². The number of hydrogen-bond acceptors (Lipinski definition) is 3. The van der Waals surface area contributed by atoms with Crippen LogP contribution in [0.25, 0.3) is 0 Å². The number of hydrogen-bond donors (Lipinski definition) is 1. The number of rotatable bonds is 1. The Balaban J connectivity index is 2.12. The lowest BCUT2D eigenvalue weighted by atomic mass is 10.0. The van der Waals surface area contributed by atoms with Gasteiger partial charge in [0.2, 0.25) is 0 Å². The molecule has 4 nitrogen and oxygen atoms in total. The fourth-order valence-electron chi connectivity index (χ4n) is 2.36. The molecule has 4 heteroatoms. The molecule has 1 aliphatic rings. The first-order valence-corrected chi connectivity index (χ1v) is 6.42. The van der Waals surface area contributed by atoms with Crippen LogP contribution in [0.3, 0.4) is 0 Å². The lowest BCUT2D eigenvalue weighted by molar-refractivity contribution is 0.0503. The molecular weight excluding hydrogens is 240 g/mol. The minimum Gasteiger partial charge on any atom is -0.444 e. The molecule has 1 aromatic rings. The third-order valence-electron chi connectivity index (χ3n) is 3.08. The number of nitrogens with zero attached hydrogens (tertiary/aromatic N) is 1. The first-order valence-electron chi connectivity index (χ1n) is 6.42. The van der Waals surface area contributed by atoms with Crippen LogP contribution < -0.4 is 5.32 Å². The second-order valence-corrected chi connectivity index (χ2v) is 5.72. The maximum Gasteiger partial charge on any atom is 0.408 e. The summed E-state index contributed by atoms with van der Waals surface area (Å²) in [6, 6.07) is 7.77. The molecule has 0 radical (unpaired) electrons. The summed E-state index contributed by atoms with van der Waals surface area (Å²) < 4.78 is 5.26.